The number of amides is 1. The predicted molar refractivity (Wildman–Crippen MR) is 71.5 cm³/mol. The Morgan fingerprint density at radius 3 is 2.61 bits per heavy atom. The van der Waals surface area contributed by atoms with Crippen molar-refractivity contribution in [3.8, 4) is 0 Å². The summed E-state index contributed by atoms with van der Waals surface area (Å²) in [7, 11) is 1.60. The van der Waals surface area contributed by atoms with E-state index in [2.05, 4.69) is 9.80 Å². The summed E-state index contributed by atoms with van der Waals surface area (Å²) < 4.78 is 4.98. The zero-order valence-corrected chi connectivity index (χ0v) is 11.6. The van der Waals surface area contributed by atoms with Crippen LogP contribution < -0.4 is 0 Å². The first-order valence-corrected chi connectivity index (χ1v) is 7.32. The molecular weight excluding hydrogens is 228 g/mol. The second-order valence-electron chi connectivity index (χ2n) is 5.51. The lowest BCUT2D eigenvalue weighted by Gasteiger charge is -2.36. The van der Waals surface area contributed by atoms with Gasteiger partial charge in [-0.05, 0) is 51.6 Å². The molecule has 0 saturated carbocycles. The molecule has 2 fully saturated rings. The molecule has 2 heterocycles. The van der Waals surface area contributed by atoms with Gasteiger partial charge in [-0.1, -0.05) is 0 Å². The normalized spacial score (nSPS) is 25.6. The van der Waals surface area contributed by atoms with Crippen molar-refractivity contribution < 1.29 is 9.53 Å². The van der Waals surface area contributed by atoms with Crippen molar-refractivity contribution in [2.24, 2.45) is 0 Å². The quantitative estimate of drug-likeness (QED) is 0.745. The van der Waals surface area contributed by atoms with Gasteiger partial charge in [-0.15, -0.1) is 0 Å². The number of hydrogen-bond acceptors (Lipinski definition) is 3. The highest BCUT2D eigenvalue weighted by Crippen LogP contribution is 2.21. The number of likely N-dealkylation sites (tertiary alicyclic amines) is 2. The van der Waals surface area contributed by atoms with E-state index in [-0.39, 0.29) is 12.5 Å². The summed E-state index contributed by atoms with van der Waals surface area (Å²) in [6.07, 6.45) is 7.41. The third-order valence-electron chi connectivity index (χ3n) is 4.19. The lowest BCUT2D eigenvalue weighted by Crippen LogP contribution is -2.46. The maximum atomic E-state index is 12.0. The third kappa shape index (κ3) is 3.69. The van der Waals surface area contributed by atoms with Gasteiger partial charge in [0, 0.05) is 26.2 Å². The van der Waals surface area contributed by atoms with Gasteiger partial charge < -0.3 is 14.5 Å². The van der Waals surface area contributed by atoms with Crippen LogP contribution in [-0.2, 0) is 9.53 Å². The van der Waals surface area contributed by atoms with Crippen LogP contribution in [0.3, 0.4) is 0 Å². The van der Waals surface area contributed by atoms with Gasteiger partial charge in [0.05, 0.1) is 0 Å². The van der Waals surface area contributed by atoms with Gasteiger partial charge in [-0.25, -0.2) is 0 Å². The van der Waals surface area contributed by atoms with Crippen molar-refractivity contribution in [2.45, 2.75) is 44.6 Å². The van der Waals surface area contributed by atoms with Crippen LogP contribution >= 0.6 is 0 Å². The maximum Gasteiger partial charge on any atom is 0.248 e. The predicted octanol–water partition coefficient (Wildman–Crippen LogP) is 1.50. The monoisotopic (exact) mass is 254 g/mol. The Hall–Kier alpha value is -0.610. The SMILES string of the molecule is COCC(=O)N1CCCC[C@@H]1CCN1CCCC1. The van der Waals surface area contributed by atoms with Gasteiger partial charge in [0.15, 0.2) is 0 Å². The van der Waals surface area contributed by atoms with Crippen molar-refractivity contribution in [2.75, 3.05) is 39.9 Å². The molecule has 1 amide bonds. The van der Waals surface area contributed by atoms with Gasteiger partial charge in [0.2, 0.25) is 5.91 Å². The van der Waals surface area contributed by atoms with Crippen LogP contribution in [0.15, 0.2) is 0 Å². The second-order valence-corrected chi connectivity index (χ2v) is 5.51. The average Bonchev–Trinajstić information content (AvgIpc) is 2.90. The summed E-state index contributed by atoms with van der Waals surface area (Å²) in [6.45, 7) is 4.81. The Balaban J connectivity index is 1.80. The molecule has 2 saturated heterocycles. The van der Waals surface area contributed by atoms with Crippen LogP contribution in [0.1, 0.15) is 38.5 Å². The Kier molecular flexibility index (Phi) is 5.45. The van der Waals surface area contributed by atoms with E-state index in [0.717, 1.165) is 25.9 Å². The van der Waals surface area contributed by atoms with E-state index in [9.17, 15) is 4.79 Å². The van der Waals surface area contributed by atoms with Crippen molar-refractivity contribution in [3.63, 3.8) is 0 Å². The molecule has 104 valence electrons. The van der Waals surface area contributed by atoms with E-state index in [1.807, 2.05) is 0 Å². The van der Waals surface area contributed by atoms with Crippen molar-refractivity contribution in [3.05, 3.63) is 0 Å². The zero-order valence-electron chi connectivity index (χ0n) is 11.6. The highest BCUT2D eigenvalue weighted by Gasteiger charge is 2.26. The molecule has 2 aliphatic rings. The molecule has 2 aliphatic heterocycles. The summed E-state index contributed by atoms with van der Waals surface area (Å²) >= 11 is 0. The highest BCUT2D eigenvalue weighted by atomic mass is 16.5. The average molecular weight is 254 g/mol. The number of methoxy groups -OCH3 is 1. The lowest BCUT2D eigenvalue weighted by molar-refractivity contribution is -0.139. The fraction of sp³-hybridized carbons (Fsp3) is 0.929. The van der Waals surface area contributed by atoms with Crippen molar-refractivity contribution in [1.29, 1.82) is 0 Å². The molecule has 2 rings (SSSR count). The Bertz CT molecular complexity index is 265. The molecule has 0 spiro atoms. The minimum absolute atomic E-state index is 0.170. The number of rotatable bonds is 5. The number of hydrogen-bond donors (Lipinski definition) is 0. The Morgan fingerprint density at radius 1 is 1.17 bits per heavy atom. The fourth-order valence-corrected chi connectivity index (χ4v) is 3.17. The molecule has 1 atom stereocenters. The summed E-state index contributed by atoms with van der Waals surface area (Å²) in [5.41, 5.74) is 0. The van der Waals surface area contributed by atoms with Crippen LogP contribution in [0.25, 0.3) is 0 Å². The molecular formula is C14H26N2O2. The molecule has 0 aromatic rings. The smallest absolute Gasteiger partial charge is 0.248 e. The number of ether oxygens (including phenoxy) is 1. The van der Waals surface area contributed by atoms with Crippen LogP contribution in [0.2, 0.25) is 0 Å². The molecule has 0 aromatic carbocycles. The van der Waals surface area contributed by atoms with Crippen molar-refractivity contribution in [1.82, 2.24) is 9.80 Å². The summed E-state index contributed by atoms with van der Waals surface area (Å²) in [5.74, 6) is 0.170. The minimum Gasteiger partial charge on any atom is -0.375 e. The van der Waals surface area contributed by atoms with E-state index >= 15 is 0 Å². The second kappa shape index (κ2) is 7.10. The third-order valence-corrected chi connectivity index (χ3v) is 4.19. The van der Waals surface area contributed by atoms with Gasteiger partial charge in [-0.3, -0.25) is 4.79 Å². The molecule has 0 aliphatic carbocycles. The highest BCUT2D eigenvalue weighted by molar-refractivity contribution is 5.77. The Labute approximate surface area is 110 Å². The van der Waals surface area contributed by atoms with Crippen LogP contribution in [0, 0.1) is 0 Å². The van der Waals surface area contributed by atoms with E-state index in [4.69, 9.17) is 4.74 Å². The van der Waals surface area contributed by atoms with Gasteiger partial charge in [-0.2, -0.15) is 0 Å². The molecule has 4 heteroatoms. The molecule has 0 bridgehead atoms. The maximum absolute atomic E-state index is 12.0. The summed E-state index contributed by atoms with van der Waals surface area (Å²) in [4.78, 5) is 16.6. The van der Waals surface area contributed by atoms with Crippen LogP contribution in [0.5, 0.6) is 0 Å². The summed E-state index contributed by atoms with van der Waals surface area (Å²) in [5, 5.41) is 0. The topological polar surface area (TPSA) is 32.8 Å². The summed E-state index contributed by atoms with van der Waals surface area (Å²) in [6, 6.07) is 0.446. The number of nitrogens with zero attached hydrogens (tertiary/aromatic N) is 2. The molecule has 4 nitrogen and oxygen atoms in total. The molecule has 0 N–H and O–H groups in total. The molecule has 0 aromatic heterocycles. The molecule has 0 radical (unpaired) electrons. The van der Waals surface area contributed by atoms with Gasteiger partial charge in [0.1, 0.15) is 6.61 Å². The fourth-order valence-electron chi connectivity index (χ4n) is 3.17. The number of carbonyl (C=O) groups excluding carboxylic acids is 1. The van der Waals surface area contributed by atoms with Crippen LogP contribution in [0.4, 0.5) is 0 Å². The molecule has 0 unspecified atom stereocenters. The zero-order chi connectivity index (χ0) is 12.8. The standard InChI is InChI=1S/C14H26N2O2/c1-18-12-14(17)16-10-3-2-6-13(16)7-11-15-8-4-5-9-15/h13H,2-12H2,1H3/t13-/m1/s1. The first-order chi connectivity index (χ1) is 8.81. The van der Waals surface area contributed by atoms with Gasteiger partial charge >= 0.3 is 0 Å². The van der Waals surface area contributed by atoms with E-state index in [1.54, 1.807) is 7.11 Å². The van der Waals surface area contributed by atoms with Crippen molar-refractivity contribution >= 4 is 5.91 Å². The van der Waals surface area contributed by atoms with Crippen LogP contribution in [-0.4, -0.2) is 61.6 Å². The van der Waals surface area contributed by atoms with E-state index < -0.39 is 0 Å². The number of piperidine rings is 1. The Morgan fingerprint density at radius 2 is 1.89 bits per heavy atom. The molecule has 18 heavy (non-hydrogen) atoms. The van der Waals surface area contributed by atoms with E-state index in [1.165, 1.54) is 38.8 Å². The largest absolute Gasteiger partial charge is 0.375 e. The first kappa shape index (κ1) is 13.8. The number of carbonyl (C=O) groups is 1. The minimum atomic E-state index is 0.170. The van der Waals surface area contributed by atoms with Gasteiger partial charge in [0.25, 0.3) is 0 Å². The lowest BCUT2D eigenvalue weighted by atomic mass is 9.99. The van der Waals surface area contributed by atoms with E-state index in [0.29, 0.717) is 6.04 Å². The first-order valence-electron chi connectivity index (χ1n) is 7.32.